The second-order valence-corrected chi connectivity index (χ2v) is 14.2. The molecule has 3 atom stereocenters. The molecule has 10 heteroatoms. The summed E-state index contributed by atoms with van der Waals surface area (Å²) in [6, 6.07) is 18.3. The van der Waals surface area contributed by atoms with Gasteiger partial charge >= 0.3 is 6.03 Å². The molecule has 2 saturated heterocycles. The average molecular weight is 579 g/mol. The van der Waals surface area contributed by atoms with E-state index in [1.165, 1.54) is 0 Å². The Morgan fingerprint density at radius 2 is 1.66 bits per heavy atom. The van der Waals surface area contributed by atoms with Crippen LogP contribution >= 0.6 is 0 Å². The second-order valence-electron chi connectivity index (χ2n) is 12.0. The van der Waals surface area contributed by atoms with Gasteiger partial charge in [-0.15, -0.1) is 0 Å². The van der Waals surface area contributed by atoms with Gasteiger partial charge in [0.05, 0.1) is 41.7 Å². The van der Waals surface area contributed by atoms with E-state index < -0.39 is 33.1 Å². The predicted molar refractivity (Wildman–Crippen MR) is 158 cm³/mol. The highest BCUT2D eigenvalue weighted by atomic mass is 32.2. The highest BCUT2D eigenvalue weighted by Crippen LogP contribution is 2.51. The summed E-state index contributed by atoms with van der Waals surface area (Å²) >= 11 is 0. The van der Waals surface area contributed by atoms with E-state index in [0.717, 1.165) is 36.8 Å². The van der Waals surface area contributed by atoms with Crippen molar-refractivity contribution in [3.63, 3.8) is 0 Å². The van der Waals surface area contributed by atoms with Gasteiger partial charge in [0, 0.05) is 30.6 Å². The Kier molecular flexibility index (Phi) is 7.42. The fourth-order valence-corrected chi connectivity index (χ4v) is 8.63. The summed E-state index contributed by atoms with van der Waals surface area (Å²) in [7, 11) is -3.26. The van der Waals surface area contributed by atoms with E-state index in [1.807, 2.05) is 65.6 Å². The van der Waals surface area contributed by atoms with Gasteiger partial charge < -0.3 is 24.9 Å². The Morgan fingerprint density at radius 3 is 2.34 bits per heavy atom. The van der Waals surface area contributed by atoms with Crippen molar-refractivity contribution in [1.82, 2.24) is 14.7 Å². The summed E-state index contributed by atoms with van der Waals surface area (Å²) in [6.45, 7) is 1.13. The third-order valence-corrected chi connectivity index (χ3v) is 11.1. The second kappa shape index (κ2) is 10.9. The molecule has 6 rings (SSSR count). The van der Waals surface area contributed by atoms with Crippen LogP contribution in [0.3, 0.4) is 0 Å². The number of likely N-dealkylation sites (tertiary alicyclic amines) is 1. The molecule has 2 unspecified atom stereocenters. The molecule has 1 saturated carbocycles. The van der Waals surface area contributed by atoms with Gasteiger partial charge in [0.1, 0.15) is 6.23 Å². The minimum Gasteiger partial charge on any atom is -0.387 e. The predicted octanol–water partition coefficient (Wildman–Crippen LogP) is 3.28. The lowest BCUT2D eigenvalue weighted by Gasteiger charge is -2.54. The number of β-amino-alcohol motifs (C(OH)–C–C–N with tert-alkyl or cyclic N) is 1. The zero-order valence-electron chi connectivity index (χ0n) is 23.2. The van der Waals surface area contributed by atoms with Crippen LogP contribution in [0.5, 0.6) is 0 Å². The number of aliphatic hydroxyl groups excluding tert-OH is 1. The zero-order chi connectivity index (χ0) is 28.7. The topological polar surface area (TPSA) is 114 Å². The van der Waals surface area contributed by atoms with Crippen molar-refractivity contribution >= 4 is 27.9 Å². The quantitative estimate of drug-likeness (QED) is 0.576. The van der Waals surface area contributed by atoms with Crippen molar-refractivity contribution in [1.29, 1.82) is 0 Å². The van der Waals surface area contributed by atoms with Gasteiger partial charge in [-0.1, -0.05) is 73.5 Å². The maximum absolute atomic E-state index is 14.0. The van der Waals surface area contributed by atoms with Crippen molar-refractivity contribution in [3.8, 4) is 0 Å². The van der Waals surface area contributed by atoms with E-state index in [9.17, 15) is 23.4 Å². The minimum atomic E-state index is -3.26. The molecule has 2 aromatic rings. The van der Waals surface area contributed by atoms with Gasteiger partial charge in [-0.05, 0) is 30.9 Å². The molecular formula is C31H38N4O5S. The molecule has 3 heterocycles. The Bertz CT molecular complexity index is 1420. The number of benzene rings is 2. The molecular weight excluding hydrogens is 540 g/mol. The van der Waals surface area contributed by atoms with Crippen LogP contribution < -0.4 is 0 Å². The number of sulfone groups is 1. The van der Waals surface area contributed by atoms with Gasteiger partial charge in [0.2, 0.25) is 0 Å². The molecule has 2 N–H and O–H groups in total. The molecule has 0 aromatic heterocycles. The molecule has 41 heavy (non-hydrogen) atoms. The van der Waals surface area contributed by atoms with E-state index in [0.29, 0.717) is 25.2 Å². The van der Waals surface area contributed by atoms with E-state index in [4.69, 9.17) is 0 Å². The molecule has 1 spiro atoms. The molecule has 9 nitrogen and oxygen atoms in total. The van der Waals surface area contributed by atoms with Crippen LogP contribution in [0.15, 0.2) is 71.7 Å². The van der Waals surface area contributed by atoms with Gasteiger partial charge in [0.15, 0.2) is 9.84 Å². The Balaban J connectivity index is 1.20. The SMILES string of the molecule is O=C(N1CC[C@@](O)(CN2C=NC(c3ccccc3)=CC2O)C2(CCCC2)C1)N1CCS(=O)(=O)CC1c1ccccc1. The standard InChI is InChI=1S/C31H38N4O5S/c36-28-19-26(24-9-3-1-4-10-24)32-23-34(28)22-31(38)15-16-33(21-30(31)13-7-8-14-30)29(37)35-17-18-41(39,40)20-27(35)25-11-5-2-6-12-25/h1-6,9-12,19,23,27-28,36,38H,7-8,13-18,20-22H2/t27?,28?,31-/m1/s1. The molecule has 3 aliphatic heterocycles. The zero-order valence-corrected chi connectivity index (χ0v) is 24.0. The van der Waals surface area contributed by atoms with Gasteiger partial charge in [-0.25, -0.2) is 18.2 Å². The molecule has 0 bridgehead atoms. The lowest BCUT2D eigenvalue weighted by Crippen LogP contribution is -2.66. The first-order valence-corrected chi connectivity index (χ1v) is 16.3. The first-order valence-electron chi connectivity index (χ1n) is 14.5. The normalized spacial score (nSPS) is 29.0. The van der Waals surface area contributed by atoms with Crippen molar-refractivity contribution in [2.45, 2.75) is 50.0 Å². The number of aliphatic imine (C=N–C) groups is 1. The van der Waals surface area contributed by atoms with Crippen molar-refractivity contribution in [2.24, 2.45) is 10.4 Å². The first-order chi connectivity index (χ1) is 19.7. The Morgan fingerprint density at radius 1 is 0.976 bits per heavy atom. The van der Waals surface area contributed by atoms with Crippen molar-refractivity contribution in [3.05, 3.63) is 77.9 Å². The number of amides is 2. The third-order valence-electron chi connectivity index (χ3n) is 9.47. The molecule has 2 amide bonds. The number of hydrogen-bond acceptors (Lipinski definition) is 7. The largest absolute Gasteiger partial charge is 0.387 e. The van der Waals surface area contributed by atoms with Gasteiger partial charge in [-0.2, -0.15) is 0 Å². The number of carbonyl (C=O) groups is 1. The van der Waals surface area contributed by atoms with Crippen molar-refractivity contribution in [2.75, 3.05) is 37.7 Å². The van der Waals surface area contributed by atoms with Crippen molar-refractivity contribution < 1.29 is 23.4 Å². The molecule has 0 radical (unpaired) electrons. The smallest absolute Gasteiger partial charge is 0.320 e. The maximum atomic E-state index is 14.0. The fourth-order valence-electron chi connectivity index (χ4n) is 7.13. The summed E-state index contributed by atoms with van der Waals surface area (Å²) in [5.41, 5.74) is 0.792. The highest BCUT2D eigenvalue weighted by Gasteiger charge is 2.57. The van der Waals surface area contributed by atoms with Crippen LogP contribution in [0.2, 0.25) is 0 Å². The Labute approximate surface area is 241 Å². The average Bonchev–Trinajstić information content (AvgIpc) is 3.46. The fraction of sp³-hybridized carbons (Fsp3) is 0.484. The monoisotopic (exact) mass is 578 g/mol. The maximum Gasteiger partial charge on any atom is 0.320 e. The summed E-state index contributed by atoms with van der Waals surface area (Å²) in [4.78, 5) is 23.8. The van der Waals surface area contributed by atoms with Crippen LogP contribution in [-0.4, -0.2) is 95.2 Å². The van der Waals surface area contributed by atoms with Crippen LogP contribution in [0, 0.1) is 5.41 Å². The number of piperidine rings is 1. The van der Waals surface area contributed by atoms with Gasteiger partial charge in [-0.3, -0.25) is 0 Å². The van der Waals surface area contributed by atoms with E-state index in [2.05, 4.69) is 4.99 Å². The minimum absolute atomic E-state index is 0.0460. The number of aliphatic hydroxyl groups is 2. The number of nitrogens with zero attached hydrogens (tertiary/aromatic N) is 4. The Hall–Kier alpha value is -3.21. The molecule has 4 aliphatic rings. The van der Waals surface area contributed by atoms with Crippen LogP contribution in [0.1, 0.15) is 49.3 Å². The molecule has 1 aliphatic carbocycles. The number of rotatable bonds is 4. The lowest BCUT2D eigenvalue weighted by atomic mass is 9.65. The van der Waals surface area contributed by atoms with Crippen LogP contribution in [-0.2, 0) is 9.84 Å². The lowest BCUT2D eigenvalue weighted by molar-refractivity contribution is -0.142. The highest BCUT2D eigenvalue weighted by molar-refractivity contribution is 7.91. The number of urea groups is 1. The molecule has 2 aromatic carbocycles. The van der Waals surface area contributed by atoms with Crippen LogP contribution in [0.4, 0.5) is 4.79 Å². The van der Waals surface area contributed by atoms with Gasteiger partial charge in [0.25, 0.3) is 0 Å². The first kappa shape index (κ1) is 27.9. The van der Waals surface area contributed by atoms with Crippen LogP contribution in [0.25, 0.3) is 5.70 Å². The number of hydrogen-bond donors (Lipinski definition) is 2. The summed E-state index contributed by atoms with van der Waals surface area (Å²) in [5, 5.41) is 23.2. The van der Waals surface area contributed by atoms with E-state index in [1.54, 1.807) is 22.2 Å². The summed E-state index contributed by atoms with van der Waals surface area (Å²) in [6.07, 6.45) is 6.27. The number of carbonyl (C=O) groups excluding carboxylic acids is 1. The summed E-state index contributed by atoms with van der Waals surface area (Å²) in [5.74, 6) is -0.133. The molecule has 3 fully saturated rings. The van der Waals surface area contributed by atoms with E-state index in [-0.39, 0.29) is 30.6 Å². The van der Waals surface area contributed by atoms with E-state index >= 15 is 0 Å². The summed E-state index contributed by atoms with van der Waals surface area (Å²) < 4.78 is 25.1. The third kappa shape index (κ3) is 5.40. The molecule has 218 valence electrons.